The first kappa shape index (κ1) is 14.0. The lowest BCUT2D eigenvalue weighted by atomic mass is 10.2. The van der Waals surface area contributed by atoms with Gasteiger partial charge in [0.25, 0.3) is 0 Å². The van der Waals surface area contributed by atoms with Gasteiger partial charge in [0.05, 0.1) is 20.1 Å². The number of rotatable bonds is 5. The van der Waals surface area contributed by atoms with E-state index < -0.39 is 0 Å². The largest absolute Gasteiger partial charge is 0.481 e. The highest BCUT2D eigenvalue weighted by molar-refractivity contribution is 5.78. The molecule has 20 heavy (non-hydrogen) atoms. The molecule has 0 spiro atoms. The van der Waals surface area contributed by atoms with Crippen molar-refractivity contribution in [3.8, 4) is 5.88 Å². The molecule has 2 rings (SSSR count). The van der Waals surface area contributed by atoms with Gasteiger partial charge < -0.3 is 9.64 Å². The van der Waals surface area contributed by atoms with Crippen LogP contribution >= 0.6 is 0 Å². The molecule has 5 nitrogen and oxygen atoms in total. The first-order valence-corrected chi connectivity index (χ1v) is 6.31. The summed E-state index contributed by atoms with van der Waals surface area (Å²) in [6.45, 7) is 0.468. The molecule has 0 radical (unpaired) electrons. The average molecular weight is 271 g/mol. The first-order chi connectivity index (χ1) is 9.70. The number of pyridine rings is 2. The summed E-state index contributed by atoms with van der Waals surface area (Å²) in [5.41, 5.74) is 1.79. The molecule has 2 aromatic heterocycles. The van der Waals surface area contributed by atoms with E-state index in [2.05, 4.69) is 9.97 Å². The Balaban J connectivity index is 2.01. The van der Waals surface area contributed by atoms with Gasteiger partial charge in [-0.1, -0.05) is 12.1 Å². The van der Waals surface area contributed by atoms with Crippen LogP contribution in [0.3, 0.4) is 0 Å². The van der Waals surface area contributed by atoms with Gasteiger partial charge in [-0.25, -0.2) is 4.98 Å². The summed E-state index contributed by atoms with van der Waals surface area (Å²) >= 11 is 0. The summed E-state index contributed by atoms with van der Waals surface area (Å²) in [4.78, 5) is 21.9. The number of methoxy groups -OCH3 is 1. The van der Waals surface area contributed by atoms with Crippen molar-refractivity contribution in [1.82, 2.24) is 14.9 Å². The van der Waals surface area contributed by atoms with Gasteiger partial charge in [0.1, 0.15) is 0 Å². The van der Waals surface area contributed by atoms with E-state index in [1.807, 2.05) is 24.3 Å². The summed E-state index contributed by atoms with van der Waals surface area (Å²) in [6, 6.07) is 7.45. The topological polar surface area (TPSA) is 55.3 Å². The zero-order valence-electron chi connectivity index (χ0n) is 11.6. The highest BCUT2D eigenvalue weighted by Crippen LogP contribution is 2.15. The van der Waals surface area contributed by atoms with E-state index in [1.54, 1.807) is 37.6 Å². The fourth-order valence-electron chi connectivity index (χ4n) is 1.88. The van der Waals surface area contributed by atoms with Crippen LogP contribution < -0.4 is 4.74 Å². The Hall–Kier alpha value is -2.43. The molecule has 2 heterocycles. The summed E-state index contributed by atoms with van der Waals surface area (Å²) in [6.07, 6.45) is 5.40. The number of hydrogen-bond donors (Lipinski definition) is 0. The van der Waals surface area contributed by atoms with Crippen LogP contribution in [0.5, 0.6) is 5.88 Å². The Morgan fingerprint density at radius 2 is 2.10 bits per heavy atom. The smallest absolute Gasteiger partial charge is 0.227 e. The zero-order chi connectivity index (χ0) is 14.4. The van der Waals surface area contributed by atoms with Gasteiger partial charge in [-0.05, 0) is 17.7 Å². The van der Waals surface area contributed by atoms with Gasteiger partial charge in [-0.15, -0.1) is 0 Å². The van der Waals surface area contributed by atoms with Crippen LogP contribution in [0.1, 0.15) is 11.1 Å². The number of ether oxygens (including phenoxy) is 1. The number of hydrogen-bond acceptors (Lipinski definition) is 4. The fraction of sp³-hybridized carbons (Fsp3) is 0.267. The summed E-state index contributed by atoms with van der Waals surface area (Å²) in [5, 5.41) is 0. The molecule has 2 aromatic rings. The van der Waals surface area contributed by atoms with Crippen LogP contribution in [-0.2, 0) is 17.8 Å². The molecule has 0 saturated heterocycles. The normalized spacial score (nSPS) is 10.1. The summed E-state index contributed by atoms with van der Waals surface area (Å²) < 4.78 is 5.19. The highest BCUT2D eigenvalue weighted by atomic mass is 16.5. The summed E-state index contributed by atoms with van der Waals surface area (Å²) in [7, 11) is 3.34. The Kier molecular flexibility index (Phi) is 4.65. The van der Waals surface area contributed by atoms with Gasteiger partial charge >= 0.3 is 0 Å². The molecule has 0 unspecified atom stereocenters. The minimum atomic E-state index is 0.0314. The van der Waals surface area contributed by atoms with Crippen molar-refractivity contribution in [2.45, 2.75) is 13.0 Å². The average Bonchev–Trinajstić information content (AvgIpc) is 2.48. The lowest BCUT2D eigenvalue weighted by Gasteiger charge is -2.18. The van der Waals surface area contributed by atoms with Crippen molar-refractivity contribution in [2.24, 2.45) is 0 Å². The number of amides is 1. The van der Waals surface area contributed by atoms with Crippen LogP contribution in [0.25, 0.3) is 0 Å². The second-order valence-corrected chi connectivity index (χ2v) is 4.46. The van der Waals surface area contributed by atoms with Crippen molar-refractivity contribution in [3.63, 3.8) is 0 Å². The van der Waals surface area contributed by atoms with Crippen LogP contribution in [0.15, 0.2) is 42.9 Å². The maximum Gasteiger partial charge on any atom is 0.227 e. The number of likely N-dealkylation sites (N-methyl/N-ethyl adjacent to an activating group) is 1. The Bertz CT molecular complexity index is 572. The quantitative estimate of drug-likeness (QED) is 0.830. The Morgan fingerprint density at radius 1 is 1.30 bits per heavy atom. The van der Waals surface area contributed by atoms with Gasteiger partial charge in [0.2, 0.25) is 11.8 Å². The van der Waals surface area contributed by atoms with Gasteiger partial charge in [-0.2, -0.15) is 0 Å². The molecule has 0 saturated carbocycles. The SMILES string of the molecule is COc1ncccc1CN(C)C(=O)Cc1cccnc1. The van der Waals surface area contributed by atoms with Gasteiger partial charge in [0.15, 0.2) is 0 Å². The second kappa shape index (κ2) is 6.65. The number of carbonyl (C=O) groups excluding carboxylic acids is 1. The number of carbonyl (C=O) groups is 1. The first-order valence-electron chi connectivity index (χ1n) is 6.31. The van der Waals surface area contributed by atoms with Crippen molar-refractivity contribution >= 4 is 5.91 Å². The minimum Gasteiger partial charge on any atom is -0.481 e. The number of aromatic nitrogens is 2. The maximum atomic E-state index is 12.2. The van der Waals surface area contributed by atoms with Crippen molar-refractivity contribution in [3.05, 3.63) is 54.0 Å². The third kappa shape index (κ3) is 3.54. The third-order valence-electron chi connectivity index (χ3n) is 2.95. The highest BCUT2D eigenvalue weighted by Gasteiger charge is 2.13. The fourth-order valence-corrected chi connectivity index (χ4v) is 1.88. The Morgan fingerprint density at radius 3 is 2.80 bits per heavy atom. The molecule has 0 fully saturated rings. The van der Waals surface area contributed by atoms with Crippen LogP contribution in [0, 0.1) is 0 Å². The molecular weight excluding hydrogens is 254 g/mol. The van der Waals surface area contributed by atoms with E-state index >= 15 is 0 Å². The minimum absolute atomic E-state index is 0.0314. The van der Waals surface area contributed by atoms with Crippen molar-refractivity contribution < 1.29 is 9.53 Å². The molecule has 104 valence electrons. The molecule has 1 amide bonds. The Labute approximate surface area is 118 Å². The zero-order valence-corrected chi connectivity index (χ0v) is 11.6. The second-order valence-electron chi connectivity index (χ2n) is 4.46. The maximum absolute atomic E-state index is 12.2. The van der Waals surface area contributed by atoms with E-state index in [1.165, 1.54) is 0 Å². The molecular formula is C15H17N3O2. The lowest BCUT2D eigenvalue weighted by molar-refractivity contribution is -0.129. The molecule has 0 aromatic carbocycles. The monoisotopic (exact) mass is 271 g/mol. The van der Waals surface area contributed by atoms with Gasteiger partial charge in [0, 0.05) is 31.2 Å². The molecule has 0 aliphatic heterocycles. The van der Waals surface area contributed by atoms with E-state index in [-0.39, 0.29) is 5.91 Å². The standard InChI is InChI=1S/C15H17N3O2/c1-18(11-13-6-4-8-17-15(13)20-2)14(19)9-12-5-3-7-16-10-12/h3-8,10H,9,11H2,1-2H3. The molecule has 0 aliphatic carbocycles. The van der Waals surface area contributed by atoms with E-state index in [0.29, 0.717) is 18.8 Å². The molecule has 0 N–H and O–H groups in total. The van der Waals surface area contributed by atoms with E-state index in [4.69, 9.17) is 4.74 Å². The predicted octanol–water partition coefficient (Wildman–Crippen LogP) is 1.69. The lowest BCUT2D eigenvalue weighted by Crippen LogP contribution is -2.28. The molecule has 5 heteroatoms. The molecule has 0 aliphatic rings. The van der Waals surface area contributed by atoms with E-state index in [0.717, 1.165) is 11.1 Å². The van der Waals surface area contributed by atoms with Crippen LogP contribution in [0.4, 0.5) is 0 Å². The van der Waals surface area contributed by atoms with Crippen LogP contribution in [-0.4, -0.2) is 34.9 Å². The van der Waals surface area contributed by atoms with Crippen LogP contribution in [0.2, 0.25) is 0 Å². The molecule has 0 atom stereocenters. The van der Waals surface area contributed by atoms with Crippen molar-refractivity contribution in [2.75, 3.05) is 14.2 Å². The number of nitrogens with zero attached hydrogens (tertiary/aromatic N) is 3. The predicted molar refractivity (Wildman–Crippen MR) is 75.2 cm³/mol. The summed E-state index contributed by atoms with van der Waals surface area (Å²) in [5.74, 6) is 0.581. The van der Waals surface area contributed by atoms with E-state index in [9.17, 15) is 4.79 Å². The van der Waals surface area contributed by atoms with Gasteiger partial charge in [-0.3, -0.25) is 9.78 Å². The molecule has 0 bridgehead atoms. The van der Waals surface area contributed by atoms with Crippen molar-refractivity contribution in [1.29, 1.82) is 0 Å². The third-order valence-corrected chi connectivity index (χ3v) is 2.95.